The van der Waals surface area contributed by atoms with Gasteiger partial charge in [0.2, 0.25) is 0 Å². The summed E-state index contributed by atoms with van der Waals surface area (Å²) in [6.07, 6.45) is 2.15. The fourth-order valence-electron chi connectivity index (χ4n) is 0.549. The SMILES string of the molecule is CNCC/C=C(/C)C(F)(F)Br. The number of hydrogen-bond acceptors (Lipinski definition) is 1. The van der Waals surface area contributed by atoms with Crippen molar-refractivity contribution in [1.29, 1.82) is 0 Å². The van der Waals surface area contributed by atoms with Gasteiger partial charge in [-0.25, -0.2) is 0 Å². The normalized spacial score (nSPS) is 13.7. The molecule has 4 heteroatoms. The molecule has 0 amide bonds. The van der Waals surface area contributed by atoms with E-state index in [0.29, 0.717) is 6.42 Å². The number of halogens is 3. The number of alkyl halides is 3. The Hall–Kier alpha value is 0.0400. The van der Waals surface area contributed by atoms with Crippen LogP contribution in [-0.2, 0) is 0 Å². The predicted octanol–water partition coefficient (Wildman–Crippen LogP) is 2.53. The summed E-state index contributed by atoms with van der Waals surface area (Å²) in [6, 6.07) is 0. The average Bonchev–Trinajstić information content (AvgIpc) is 1.86. The molecular weight excluding hydrogens is 216 g/mol. The van der Waals surface area contributed by atoms with Crippen LogP contribution in [0.3, 0.4) is 0 Å². The minimum atomic E-state index is -2.85. The molecule has 0 saturated heterocycles. The van der Waals surface area contributed by atoms with Crippen LogP contribution < -0.4 is 5.32 Å². The lowest BCUT2D eigenvalue weighted by atomic mass is 10.2. The lowest BCUT2D eigenvalue weighted by molar-refractivity contribution is 0.156. The van der Waals surface area contributed by atoms with Crippen LogP contribution in [0.25, 0.3) is 0 Å². The maximum atomic E-state index is 12.4. The van der Waals surface area contributed by atoms with E-state index in [2.05, 4.69) is 21.2 Å². The number of rotatable bonds is 4. The summed E-state index contributed by atoms with van der Waals surface area (Å²) in [4.78, 5) is -2.85. The van der Waals surface area contributed by atoms with Crippen LogP contribution >= 0.6 is 15.9 Å². The lowest BCUT2D eigenvalue weighted by Gasteiger charge is -2.07. The first-order valence-electron chi connectivity index (χ1n) is 3.37. The molecule has 0 aliphatic heterocycles. The molecular formula is C7H12BrF2N. The molecule has 0 aliphatic carbocycles. The molecule has 0 unspecified atom stereocenters. The average molecular weight is 228 g/mol. The molecule has 0 aromatic rings. The second-order valence-electron chi connectivity index (χ2n) is 2.28. The van der Waals surface area contributed by atoms with Crippen molar-refractivity contribution in [2.75, 3.05) is 13.6 Å². The van der Waals surface area contributed by atoms with Crippen molar-refractivity contribution in [1.82, 2.24) is 5.32 Å². The molecule has 0 saturated carbocycles. The van der Waals surface area contributed by atoms with Gasteiger partial charge in [0, 0.05) is 5.57 Å². The first-order valence-corrected chi connectivity index (χ1v) is 4.16. The first kappa shape index (κ1) is 11.0. The van der Waals surface area contributed by atoms with E-state index < -0.39 is 4.83 Å². The zero-order valence-electron chi connectivity index (χ0n) is 6.63. The van der Waals surface area contributed by atoms with Crippen LogP contribution in [0, 0.1) is 0 Å². The molecule has 11 heavy (non-hydrogen) atoms. The molecule has 0 bridgehead atoms. The molecule has 0 radical (unpaired) electrons. The van der Waals surface area contributed by atoms with E-state index in [4.69, 9.17) is 0 Å². The van der Waals surface area contributed by atoms with Crippen LogP contribution in [0.4, 0.5) is 8.78 Å². The van der Waals surface area contributed by atoms with Crippen molar-refractivity contribution < 1.29 is 8.78 Å². The fraction of sp³-hybridized carbons (Fsp3) is 0.714. The summed E-state index contributed by atoms with van der Waals surface area (Å²) in [7, 11) is 1.79. The molecule has 0 aromatic carbocycles. The van der Waals surface area contributed by atoms with Crippen LogP contribution in [0.2, 0.25) is 0 Å². The van der Waals surface area contributed by atoms with Crippen LogP contribution in [0.1, 0.15) is 13.3 Å². The molecule has 0 rings (SSSR count). The lowest BCUT2D eigenvalue weighted by Crippen LogP contribution is -2.09. The first-order chi connectivity index (χ1) is 4.98. The number of nitrogens with one attached hydrogen (secondary N) is 1. The molecule has 1 N–H and O–H groups in total. The van der Waals surface area contributed by atoms with Gasteiger partial charge in [0.1, 0.15) is 0 Å². The van der Waals surface area contributed by atoms with Crippen molar-refractivity contribution in [3.05, 3.63) is 11.6 Å². The molecule has 66 valence electrons. The maximum Gasteiger partial charge on any atom is 0.322 e. The second kappa shape index (κ2) is 4.83. The molecule has 0 aliphatic rings. The zero-order chi connectivity index (χ0) is 8.91. The third-order valence-electron chi connectivity index (χ3n) is 1.29. The maximum absolute atomic E-state index is 12.4. The van der Waals surface area contributed by atoms with E-state index >= 15 is 0 Å². The Kier molecular flexibility index (Phi) is 4.84. The topological polar surface area (TPSA) is 12.0 Å². The summed E-state index contributed by atoms with van der Waals surface area (Å²) in [6.45, 7) is 2.13. The quantitative estimate of drug-likeness (QED) is 0.443. The van der Waals surface area contributed by atoms with Gasteiger partial charge in [-0.05, 0) is 42.9 Å². The van der Waals surface area contributed by atoms with Gasteiger partial charge in [-0.15, -0.1) is 0 Å². The summed E-state index contributed by atoms with van der Waals surface area (Å²) >= 11 is 2.27. The summed E-state index contributed by atoms with van der Waals surface area (Å²) < 4.78 is 24.7. The van der Waals surface area contributed by atoms with Crippen LogP contribution in [0.5, 0.6) is 0 Å². The Labute approximate surface area is 74.0 Å². The molecule has 1 nitrogen and oxygen atoms in total. The summed E-state index contributed by atoms with van der Waals surface area (Å²) in [5.41, 5.74) is 0.0627. The van der Waals surface area contributed by atoms with Gasteiger partial charge >= 0.3 is 4.83 Å². The van der Waals surface area contributed by atoms with Crippen molar-refractivity contribution in [3.63, 3.8) is 0 Å². The van der Waals surface area contributed by atoms with E-state index in [1.165, 1.54) is 13.0 Å². The molecule has 0 atom stereocenters. The van der Waals surface area contributed by atoms with Gasteiger partial charge in [0.05, 0.1) is 0 Å². The van der Waals surface area contributed by atoms with Gasteiger partial charge in [-0.2, -0.15) is 8.78 Å². The highest BCUT2D eigenvalue weighted by atomic mass is 79.9. The summed E-state index contributed by atoms with van der Waals surface area (Å²) in [5.74, 6) is 0. The highest BCUT2D eigenvalue weighted by molar-refractivity contribution is 9.10. The Morgan fingerprint density at radius 1 is 1.64 bits per heavy atom. The monoisotopic (exact) mass is 227 g/mol. The summed E-state index contributed by atoms with van der Waals surface area (Å²) in [5, 5.41) is 2.87. The van der Waals surface area contributed by atoms with Gasteiger partial charge < -0.3 is 5.32 Å². The molecule has 0 heterocycles. The largest absolute Gasteiger partial charge is 0.322 e. The van der Waals surface area contributed by atoms with Gasteiger partial charge in [-0.1, -0.05) is 6.08 Å². The van der Waals surface area contributed by atoms with Gasteiger partial charge in [0.15, 0.2) is 0 Å². The van der Waals surface area contributed by atoms with Gasteiger partial charge in [0.25, 0.3) is 0 Å². The van der Waals surface area contributed by atoms with E-state index in [9.17, 15) is 8.78 Å². The highest BCUT2D eigenvalue weighted by Gasteiger charge is 2.25. The van der Waals surface area contributed by atoms with Crippen molar-refractivity contribution >= 4 is 15.9 Å². The number of allylic oxidation sites excluding steroid dienone is 1. The van der Waals surface area contributed by atoms with Gasteiger partial charge in [-0.3, -0.25) is 0 Å². The minimum Gasteiger partial charge on any atom is -0.319 e. The standard InChI is InChI=1S/C7H12BrF2N/c1-6(7(8,9)10)4-3-5-11-2/h4,11H,3,5H2,1-2H3/b6-4-. The zero-order valence-corrected chi connectivity index (χ0v) is 8.21. The smallest absolute Gasteiger partial charge is 0.319 e. The van der Waals surface area contributed by atoms with E-state index in [1.807, 2.05) is 0 Å². The highest BCUT2D eigenvalue weighted by Crippen LogP contribution is 2.30. The van der Waals surface area contributed by atoms with E-state index in [-0.39, 0.29) is 5.57 Å². The third kappa shape index (κ3) is 5.32. The molecule has 0 aromatic heterocycles. The Bertz CT molecular complexity index is 140. The van der Waals surface area contributed by atoms with Crippen LogP contribution in [-0.4, -0.2) is 18.4 Å². The van der Waals surface area contributed by atoms with Crippen molar-refractivity contribution in [2.24, 2.45) is 0 Å². The third-order valence-corrected chi connectivity index (χ3v) is 1.92. The van der Waals surface area contributed by atoms with E-state index in [0.717, 1.165) is 6.54 Å². The Morgan fingerprint density at radius 2 is 2.18 bits per heavy atom. The fourth-order valence-corrected chi connectivity index (χ4v) is 0.711. The predicted molar refractivity (Wildman–Crippen MR) is 46.2 cm³/mol. The minimum absolute atomic E-state index is 0.0627. The number of hydrogen-bond donors (Lipinski definition) is 1. The molecule has 0 spiro atoms. The molecule has 0 fully saturated rings. The van der Waals surface area contributed by atoms with Crippen LogP contribution in [0.15, 0.2) is 11.6 Å². The van der Waals surface area contributed by atoms with E-state index in [1.54, 1.807) is 7.05 Å². The Balaban J connectivity index is 3.81. The second-order valence-corrected chi connectivity index (χ2v) is 3.27. The van der Waals surface area contributed by atoms with Crippen molar-refractivity contribution in [2.45, 2.75) is 18.2 Å². The Morgan fingerprint density at radius 3 is 2.55 bits per heavy atom. The van der Waals surface area contributed by atoms with Crippen molar-refractivity contribution in [3.8, 4) is 0 Å².